The van der Waals surface area contributed by atoms with Crippen molar-refractivity contribution in [3.05, 3.63) is 45.0 Å². The lowest BCUT2D eigenvalue weighted by Crippen LogP contribution is -2.24. The predicted molar refractivity (Wildman–Crippen MR) is 73.4 cm³/mol. The summed E-state index contributed by atoms with van der Waals surface area (Å²) in [6.45, 7) is 2.89. The highest BCUT2D eigenvalue weighted by molar-refractivity contribution is 7.18. The molecule has 0 bridgehead atoms. The Hall–Kier alpha value is -1.10. The lowest BCUT2D eigenvalue weighted by Gasteiger charge is -2.13. The Balaban J connectivity index is 1.91. The van der Waals surface area contributed by atoms with Crippen LogP contribution in [0.25, 0.3) is 0 Å². The molecule has 0 N–H and O–H groups in total. The molecule has 5 heteroatoms. The van der Waals surface area contributed by atoms with Crippen molar-refractivity contribution < 1.29 is 9.21 Å². The van der Waals surface area contributed by atoms with Crippen LogP contribution >= 0.6 is 22.9 Å². The van der Waals surface area contributed by atoms with Crippen LogP contribution in [0.15, 0.2) is 28.7 Å². The van der Waals surface area contributed by atoms with Crippen LogP contribution in [0.4, 0.5) is 0 Å². The third-order valence-electron chi connectivity index (χ3n) is 2.48. The van der Waals surface area contributed by atoms with E-state index in [1.807, 2.05) is 31.0 Å². The van der Waals surface area contributed by atoms with Crippen molar-refractivity contribution in [3.8, 4) is 0 Å². The lowest BCUT2D eigenvalue weighted by atomic mass is 10.3. The molecule has 2 rings (SSSR count). The Bertz CT molecular complexity index is 547. The molecule has 0 aliphatic carbocycles. The number of halogens is 1. The molecule has 0 radical (unpaired) electrons. The van der Waals surface area contributed by atoms with E-state index >= 15 is 0 Å². The molecule has 0 amide bonds. The van der Waals surface area contributed by atoms with Gasteiger partial charge in [-0.25, -0.2) is 0 Å². The van der Waals surface area contributed by atoms with Gasteiger partial charge in [0.25, 0.3) is 0 Å². The second kappa shape index (κ2) is 5.69. The number of ketones is 1. The zero-order valence-corrected chi connectivity index (χ0v) is 11.8. The van der Waals surface area contributed by atoms with E-state index in [0.29, 0.717) is 22.3 Å². The minimum absolute atomic E-state index is 0.0812. The fraction of sp³-hybridized carbons (Fsp3) is 0.308. The summed E-state index contributed by atoms with van der Waals surface area (Å²) in [5.74, 6) is 1.83. The van der Waals surface area contributed by atoms with E-state index in [9.17, 15) is 4.79 Å². The van der Waals surface area contributed by atoms with Crippen molar-refractivity contribution in [2.45, 2.75) is 13.5 Å². The van der Waals surface area contributed by atoms with Crippen LogP contribution in [0.2, 0.25) is 4.34 Å². The molecule has 0 aromatic carbocycles. The minimum atomic E-state index is 0.0812. The van der Waals surface area contributed by atoms with Gasteiger partial charge in [-0.05, 0) is 38.2 Å². The number of aryl methyl sites for hydroxylation is 1. The average molecular weight is 284 g/mol. The zero-order valence-electron chi connectivity index (χ0n) is 10.3. The third-order valence-corrected chi connectivity index (χ3v) is 3.76. The fourth-order valence-electron chi connectivity index (χ4n) is 1.68. The summed E-state index contributed by atoms with van der Waals surface area (Å²) in [5, 5.41) is 0. The normalized spacial score (nSPS) is 11.1. The molecular weight excluding hydrogens is 270 g/mol. The number of furan rings is 1. The molecule has 2 heterocycles. The fourth-order valence-corrected chi connectivity index (χ4v) is 2.65. The van der Waals surface area contributed by atoms with Gasteiger partial charge in [-0.15, -0.1) is 11.3 Å². The highest BCUT2D eigenvalue weighted by Gasteiger charge is 2.12. The summed E-state index contributed by atoms with van der Waals surface area (Å²) in [6.07, 6.45) is 0. The van der Waals surface area contributed by atoms with Crippen LogP contribution < -0.4 is 0 Å². The molecule has 0 spiro atoms. The van der Waals surface area contributed by atoms with Gasteiger partial charge in [0, 0.05) is 0 Å². The zero-order chi connectivity index (χ0) is 13.1. The molecule has 0 saturated heterocycles. The maximum absolute atomic E-state index is 11.9. The van der Waals surface area contributed by atoms with Crippen LogP contribution in [-0.4, -0.2) is 24.3 Å². The largest absolute Gasteiger partial charge is 0.465 e. The molecule has 96 valence electrons. The average Bonchev–Trinajstić information content (AvgIpc) is 2.87. The monoisotopic (exact) mass is 283 g/mol. The molecule has 3 nitrogen and oxygen atoms in total. The Kier molecular flexibility index (Phi) is 4.22. The standard InChI is InChI=1S/C13H14ClNO2S/c1-9-3-4-10(17-9)7-15(2)8-11(16)12-5-6-13(14)18-12/h3-6H,7-8H2,1-2H3. The van der Waals surface area contributed by atoms with Gasteiger partial charge in [-0.2, -0.15) is 0 Å². The molecule has 18 heavy (non-hydrogen) atoms. The number of thiophene rings is 1. The van der Waals surface area contributed by atoms with Crippen LogP contribution in [-0.2, 0) is 6.54 Å². The van der Waals surface area contributed by atoms with Crippen LogP contribution in [0, 0.1) is 6.92 Å². The maximum atomic E-state index is 11.9. The van der Waals surface area contributed by atoms with Gasteiger partial charge >= 0.3 is 0 Å². The van der Waals surface area contributed by atoms with Crippen LogP contribution in [0.5, 0.6) is 0 Å². The number of likely N-dealkylation sites (N-methyl/N-ethyl adjacent to an activating group) is 1. The smallest absolute Gasteiger partial charge is 0.186 e. The first kappa shape index (κ1) is 13.3. The SMILES string of the molecule is Cc1ccc(CN(C)CC(=O)c2ccc(Cl)s2)o1. The summed E-state index contributed by atoms with van der Waals surface area (Å²) < 4.78 is 6.12. The van der Waals surface area contributed by atoms with Crippen LogP contribution in [0.3, 0.4) is 0 Å². The molecule has 0 unspecified atom stereocenters. The molecular formula is C13H14ClNO2S. The van der Waals surface area contributed by atoms with E-state index in [4.69, 9.17) is 16.0 Å². The first-order valence-electron chi connectivity index (χ1n) is 5.57. The van der Waals surface area contributed by atoms with Gasteiger partial charge in [0.15, 0.2) is 5.78 Å². The molecule has 0 aliphatic rings. The molecule has 0 saturated carbocycles. The summed E-state index contributed by atoms with van der Waals surface area (Å²) in [7, 11) is 1.89. The van der Waals surface area contributed by atoms with E-state index in [1.165, 1.54) is 11.3 Å². The quantitative estimate of drug-likeness (QED) is 0.786. The molecule has 2 aromatic heterocycles. The molecule has 0 fully saturated rings. The van der Waals surface area contributed by atoms with E-state index < -0.39 is 0 Å². The molecule has 0 atom stereocenters. The number of rotatable bonds is 5. The third kappa shape index (κ3) is 3.45. The number of hydrogen-bond donors (Lipinski definition) is 0. The highest BCUT2D eigenvalue weighted by Crippen LogP contribution is 2.22. The number of carbonyl (C=O) groups is 1. The first-order valence-corrected chi connectivity index (χ1v) is 6.76. The Labute approximate surface area is 115 Å². The van der Waals surface area contributed by atoms with Gasteiger partial charge in [0.1, 0.15) is 11.5 Å². The number of nitrogens with zero attached hydrogens (tertiary/aromatic N) is 1. The van der Waals surface area contributed by atoms with Gasteiger partial charge in [0.2, 0.25) is 0 Å². The van der Waals surface area contributed by atoms with Gasteiger partial charge in [-0.1, -0.05) is 11.6 Å². The van der Waals surface area contributed by atoms with Gasteiger partial charge in [0.05, 0.1) is 22.3 Å². The second-order valence-corrected chi connectivity index (χ2v) is 5.93. The number of carbonyl (C=O) groups excluding carboxylic acids is 1. The Morgan fingerprint density at radius 1 is 1.39 bits per heavy atom. The summed E-state index contributed by atoms with van der Waals surface area (Å²) in [4.78, 5) is 14.6. The van der Waals surface area contributed by atoms with Crippen molar-refractivity contribution in [2.75, 3.05) is 13.6 Å². The van der Waals surface area contributed by atoms with E-state index in [2.05, 4.69) is 0 Å². The topological polar surface area (TPSA) is 33.5 Å². The summed E-state index contributed by atoms with van der Waals surface area (Å²) >= 11 is 7.13. The number of hydrogen-bond acceptors (Lipinski definition) is 4. The van der Waals surface area contributed by atoms with Crippen molar-refractivity contribution in [1.29, 1.82) is 0 Å². The molecule has 2 aromatic rings. The van der Waals surface area contributed by atoms with Crippen molar-refractivity contribution in [1.82, 2.24) is 4.90 Å². The summed E-state index contributed by atoms with van der Waals surface area (Å²) in [5.41, 5.74) is 0. The van der Waals surface area contributed by atoms with Crippen molar-refractivity contribution in [2.24, 2.45) is 0 Å². The van der Waals surface area contributed by atoms with E-state index in [-0.39, 0.29) is 5.78 Å². The lowest BCUT2D eigenvalue weighted by molar-refractivity contribution is 0.0943. The summed E-state index contributed by atoms with van der Waals surface area (Å²) in [6, 6.07) is 7.36. The van der Waals surface area contributed by atoms with E-state index in [1.54, 1.807) is 12.1 Å². The second-order valence-electron chi connectivity index (χ2n) is 4.21. The minimum Gasteiger partial charge on any atom is -0.465 e. The van der Waals surface area contributed by atoms with Gasteiger partial charge < -0.3 is 4.42 Å². The maximum Gasteiger partial charge on any atom is 0.186 e. The Morgan fingerprint density at radius 2 is 2.17 bits per heavy atom. The molecule has 0 aliphatic heterocycles. The van der Waals surface area contributed by atoms with Crippen molar-refractivity contribution >= 4 is 28.7 Å². The predicted octanol–water partition coefficient (Wildman–Crippen LogP) is 3.62. The number of Topliss-reactive ketones (excluding diaryl/α,β-unsaturated/α-hetero) is 1. The Morgan fingerprint density at radius 3 is 2.72 bits per heavy atom. The van der Waals surface area contributed by atoms with E-state index in [0.717, 1.165) is 11.5 Å². The van der Waals surface area contributed by atoms with Crippen LogP contribution in [0.1, 0.15) is 21.2 Å². The highest BCUT2D eigenvalue weighted by atomic mass is 35.5. The van der Waals surface area contributed by atoms with Crippen molar-refractivity contribution in [3.63, 3.8) is 0 Å². The first-order chi connectivity index (χ1) is 8.54. The van der Waals surface area contributed by atoms with Gasteiger partial charge in [-0.3, -0.25) is 9.69 Å².